The number of aryl methyl sites for hydroxylation is 2. The molecule has 0 bridgehead atoms. The summed E-state index contributed by atoms with van der Waals surface area (Å²) in [6.07, 6.45) is 1.80. The van der Waals surface area contributed by atoms with Gasteiger partial charge in [0.25, 0.3) is 0 Å². The van der Waals surface area contributed by atoms with Crippen LogP contribution in [0.4, 0.5) is 5.69 Å². The molecule has 0 aliphatic rings. The summed E-state index contributed by atoms with van der Waals surface area (Å²) in [6, 6.07) is 22.2. The first-order chi connectivity index (χ1) is 17.5. The third-order valence-electron chi connectivity index (χ3n) is 5.63. The Hall–Kier alpha value is -3.75. The number of thioether (sulfide) groups is 1. The number of fused-ring (bicyclic) bond motifs is 1. The molecular formula is C28H25N5OS2. The van der Waals surface area contributed by atoms with Crippen LogP contribution in [0, 0.1) is 13.8 Å². The molecule has 8 heteroatoms. The van der Waals surface area contributed by atoms with Crippen LogP contribution in [0.1, 0.15) is 11.1 Å². The second kappa shape index (κ2) is 10.5. The van der Waals surface area contributed by atoms with Gasteiger partial charge < -0.3 is 5.32 Å². The van der Waals surface area contributed by atoms with Crippen LogP contribution in [0.25, 0.3) is 32.2 Å². The molecule has 0 saturated carbocycles. The number of allylic oxidation sites excluding steroid dienone is 1. The van der Waals surface area contributed by atoms with E-state index in [0.29, 0.717) is 11.7 Å². The molecule has 180 valence electrons. The highest BCUT2D eigenvalue weighted by Gasteiger charge is 2.15. The number of hydrogen-bond donors (Lipinski definition) is 1. The fourth-order valence-corrected chi connectivity index (χ4v) is 5.60. The molecule has 0 fully saturated rings. The zero-order valence-corrected chi connectivity index (χ0v) is 21.7. The third-order valence-corrected chi connectivity index (χ3v) is 7.66. The number of carbonyl (C=O) groups excluding carboxylic acids is 1. The molecule has 0 spiro atoms. The van der Waals surface area contributed by atoms with E-state index in [1.807, 2.05) is 60.0 Å². The quantitative estimate of drug-likeness (QED) is 0.184. The van der Waals surface area contributed by atoms with Gasteiger partial charge in [0, 0.05) is 23.4 Å². The molecular weight excluding hydrogens is 486 g/mol. The van der Waals surface area contributed by atoms with Gasteiger partial charge in [0.15, 0.2) is 11.0 Å². The summed E-state index contributed by atoms with van der Waals surface area (Å²) in [4.78, 5) is 17.4. The molecule has 36 heavy (non-hydrogen) atoms. The van der Waals surface area contributed by atoms with Crippen molar-refractivity contribution in [2.24, 2.45) is 0 Å². The maximum atomic E-state index is 12.7. The second-order valence-corrected chi connectivity index (χ2v) is 10.4. The maximum Gasteiger partial charge on any atom is 0.234 e. The van der Waals surface area contributed by atoms with Crippen LogP contribution in [0.5, 0.6) is 0 Å². The number of rotatable bonds is 8. The van der Waals surface area contributed by atoms with Crippen LogP contribution in [0.2, 0.25) is 0 Å². The number of benzene rings is 3. The highest BCUT2D eigenvalue weighted by molar-refractivity contribution is 7.99. The first kappa shape index (κ1) is 24.0. The highest BCUT2D eigenvalue weighted by atomic mass is 32.2. The lowest BCUT2D eigenvalue weighted by Gasteiger charge is -2.09. The van der Waals surface area contributed by atoms with Crippen LogP contribution < -0.4 is 5.32 Å². The Morgan fingerprint density at radius 2 is 1.72 bits per heavy atom. The van der Waals surface area contributed by atoms with E-state index in [-0.39, 0.29) is 11.7 Å². The Labute approximate surface area is 218 Å². The highest BCUT2D eigenvalue weighted by Crippen LogP contribution is 2.31. The molecule has 5 rings (SSSR count). The predicted molar refractivity (Wildman–Crippen MR) is 150 cm³/mol. The number of amides is 1. The summed E-state index contributed by atoms with van der Waals surface area (Å²) in [5.41, 5.74) is 6.17. The number of aromatic nitrogens is 4. The number of thiazole rings is 1. The van der Waals surface area contributed by atoms with Gasteiger partial charge in [-0.2, -0.15) is 0 Å². The fourth-order valence-electron chi connectivity index (χ4n) is 3.78. The lowest BCUT2D eigenvalue weighted by molar-refractivity contribution is -0.113. The number of nitrogens with zero attached hydrogens (tertiary/aromatic N) is 4. The molecule has 2 heterocycles. The fraction of sp³-hybridized carbons (Fsp3) is 0.143. The van der Waals surface area contributed by atoms with E-state index in [1.165, 1.54) is 27.6 Å². The summed E-state index contributed by atoms with van der Waals surface area (Å²) in [5, 5.41) is 13.3. The summed E-state index contributed by atoms with van der Waals surface area (Å²) in [7, 11) is 0. The number of anilines is 1. The summed E-state index contributed by atoms with van der Waals surface area (Å²) in [6.45, 7) is 8.55. The zero-order valence-electron chi connectivity index (χ0n) is 20.1. The van der Waals surface area contributed by atoms with Gasteiger partial charge >= 0.3 is 0 Å². The van der Waals surface area contributed by atoms with E-state index in [4.69, 9.17) is 4.98 Å². The maximum absolute atomic E-state index is 12.7. The van der Waals surface area contributed by atoms with Gasteiger partial charge in [-0.05, 0) is 55.8 Å². The average molecular weight is 512 g/mol. The summed E-state index contributed by atoms with van der Waals surface area (Å²) in [5.74, 6) is 0.883. The number of hydrogen-bond acceptors (Lipinski definition) is 6. The minimum Gasteiger partial charge on any atom is -0.325 e. The van der Waals surface area contributed by atoms with Crippen LogP contribution in [0.3, 0.4) is 0 Å². The monoisotopic (exact) mass is 511 g/mol. The SMILES string of the molecule is C=CCn1c(SCC(=O)Nc2ccc(-c3nc4ccc(C)cc4s3)cc2)nnc1-c1ccc(C)cc1. The van der Waals surface area contributed by atoms with Crippen LogP contribution in [-0.4, -0.2) is 31.4 Å². The van der Waals surface area contributed by atoms with Gasteiger partial charge in [-0.25, -0.2) is 4.98 Å². The average Bonchev–Trinajstić information content (AvgIpc) is 3.48. The Morgan fingerprint density at radius 1 is 1.00 bits per heavy atom. The molecule has 2 aromatic heterocycles. The minimum atomic E-state index is -0.103. The first-order valence-corrected chi connectivity index (χ1v) is 13.3. The molecule has 0 atom stereocenters. The largest absolute Gasteiger partial charge is 0.325 e. The Morgan fingerprint density at radius 3 is 2.47 bits per heavy atom. The van der Waals surface area contributed by atoms with Crippen LogP contribution in [0.15, 0.2) is 84.5 Å². The summed E-state index contributed by atoms with van der Waals surface area (Å²) >= 11 is 3.03. The van der Waals surface area contributed by atoms with Crippen molar-refractivity contribution in [2.75, 3.05) is 11.1 Å². The van der Waals surface area contributed by atoms with Crippen molar-refractivity contribution in [1.82, 2.24) is 19.7 Å². The van der Waals surface area contributed by atoms with E-state index in [1.54, 1.807) is 17.4 Å². The lowest BCUT2D eigenvalue weighted by atomic mass is 10.1. The smallest absolute Gasteiger partial charge is 0.234 e. The second-order valence-electron chi connectivity index (χ2n) is 8.48. The molecule has 1 N–H and O–H groups in total. The van der Waals surface area contributed by atoms with Gasteiger partial charge in [-0.1, -0.05) is 53.7 Å². The lowest BCUT2D eigenvalue weighted by Crippen LogP contribution is -2.14. The van der Waals surface area contributed by atoms with E-state index >= 15 is 0 Å². The topological polar surface area (TPSA) is 72.7 Å². The van der Waals surface area contributed by atoms with Gasteiger partial charge in [-0.15, -0.1) is 28.1 Å². The van der Waals surface area contributed by atoms with E-state index in [2.05, 4.69) is 47.2 Å². The zero-order chi connectivity index (χ0) is 25.1. The van der Waals surface area contributed by atoms with E-state index < -0.39 is 0 Å². The summed E-state index contributed by atoms with van der Waals surface area (Å²) < 4.78 is 3.15. The van der Waals surface area contributed by atoms with Gasteiger partial charge in [0.05, 0.1) is 16.0 Å². The third kappa shape index (κ3) is 5.24. The van der Waals surface area contributed by atoms with Crippen molar-refractivity contribution < 1.29 is 4.79 Å². The van der Waals surface area contributed by atoms with Crippen molar-refractivity contribution in [3.8, 4) is 22.0 Å². The predicted octanol–water partition coefficient (Wildman–Crippen LogP) is 6.76. The van der Waals surface area contributed by atoms with Crippen molar-refractivity contribution in [3.63, 3.8) is 0 Å². The van der Waals surface area contributed by atoms with Crippen LogP contribution >= 0.6 is 23.1 Å². The molecule has 1 amide bonds. The van der Waals surface area contributed by atoms with Gasteiger partial charge in [0.2, 0.25) is 5.91 Å². The molecule has 5 aromatic rings. The minimum absolute atomic E-state index is 0.103. The molecule has 0 aliphatic carbocycles. The van der Waals surface area contributed by atoms with Crippen molar-refractivity contribution in [1.29, 1.82) is 0 Å². The van der Waals surface area contributed by atoms with E-state index in [9.17, 15) is 4.79 Å². The van der Waals surface area contributed by atoms with Crippen molar-refractivity contribution in [3.05, 3.63) is 90.5 Å². The van der Waals surface area contributed by atoms with E-state index in [0.717, 1.165) is 33.2 Å². The number of nitrogens with one attached hydrogen (secondary N) is 1. The molecule has 0 saturated heterocycles. The molecule has 0 unspecified atom stereocenters. The van der Waals surface area contributed by atoms with Crippen molar-refractivity contribution >= 4 is 44.9 Å². The Bertz CT molecular complexity index is 1540. The van der Waals surface area contributed by atoms with Crippen molar-refractivity contribution in [2.45, 2.75) is 25.5 Å². The van der Waals surface area contributed by atoms with Gasteiger partial charge in [-0.3, -0.25) is 9.36 Å². The molecule has 0 aliphatic heterocycles. The molecule has 3 aromatic carbocycles. The molecule has 0 radical (unpaired) electrons. The standard InChI is InChI=1S/C28H25N5OS2/c1-4-15-33-26(20-8-5-18(2)6-9-20)31-32-28(33)35-17-25(34)29-22-12-10-21(11-13-22)27-30-23-14-7-19(3)16-24(23)36-27/h4-14,16H,1,15,17H2,2-3H3,(H,29,34). The van der Waals surface area contributed by atoms with Gasteiger partial charge in [0.1, 0.15) is 5.01 Å². The van der Waals surface area contributed by atoms with Crippen LogP contribution in [-0.2, 0) is 11.3 Å². The first-order valence-electron chi connectivity index (χ1n) is 11.5. The Kier molecular flexibility index (Phi) is 6.97. The molecule has 6 nitrogen and oxygen atoms in total. The normalized spacial score (nSPS) is 11.1. The Balaban J connectivity index is 1.24. The number of carbonyl (C=O) groups is 1.